The fourth-order valence-corrected chi connectivity index (χ4v) is 4.72. The quantitative estimate of drug-likeness (QED) is 0.186. The summed E-state index contributed by atoms with van der Waals surface area (Å²) in [6.07, 6.45) is 31.0. The van der Waals surface area contributed by atoms with Gasteiger partial charge in [0.15, 0.2) is 0 Å². The molecule has 0 aromatic rings. The van der Waals surface area contributed by atoms with Gasteiger partial charge >= 0.3 is 0 Å². The maximum absolute atomic E-state index is 2.56. The van der Waals surface area contributed by atoms with Crippen molar-refractivity contribution in [3.63, 3.8) is 0 Å². The van der Waals surface area contributed by atoms with Crippen molar-refractivity contribution >= 4 is 0 Å². The summed E-state index contributed by atoms with van der Waals surface area (Å²) in [5, 5.41) is 0. The van der Waals surface area contributed by atoms with Gasteiger partial charge in [-0.05, 0) is 33.1 Å². The molecule has 0 aromatic heterocycles. The van der Waals surface area contributed by atoms with Crippen molar-refractivity contribution in [3.05, 3.63) is 12.4 Å². The molecule has 0 spiro atoms. The van der Waals surface area contributed by atoms with Crippen molar-refractivity contribution < 1.29 is 0 Å². The number of unbranched alkanes of at least 4 members (excludes halogenated alkanes) is 15. The number of hydrogen-bond acceptors (Lipinski definition) is 2. The third kappa shape index (κ3) is 12.6. The molecular weight excluding hydrogens is 352 g/mol. The molecule has 0 saturated carbocycles. The van der Waals surface area contributed by atoms with Crippen LogP contribution in [0.2, 0.25) is 0 Å². The summed E-state index contributed by atoms with van der Waals surface area (Å²) in [6, 6.07) is 0.610. The van der Waals surface area contributed by atoms with Crippen LogP contribution in [0, 0.1) is 0 Å². The number of rotatable bonds is 20. The van der Waals surface area contributed by atoms with Crippen LogP contribution in [0.15, 0.2) is 12.4 Å². The van der Waals surface area contributed by atoms with Gasteiger partial charge in [-0.3, -0.25) is 0 Å². The highest BCUT2D eigenvalue weighted by Gasteiger charge is 2.26. The van der Waals surface area contributed by atoms with Crippen molar-refractivity contribution in [2.75, 3.05) is 6.54 Å². The first-order chi connectivity index (χ1) is 14.2. The monoisotopic (exact) mass is 406 g/mol. The first-order valence-electron chi connectivity index (χ1n) is 13.4. The third-order valence-corrected chi connectivity index (χ3v) is 6.55. The number of nitrogens with zero attached hydrogens (tertiary/aromatic N) is 2. The topological polar surface area (TPSA) is 6.48 Å². The van der Waals surface area contributed by atoms with Crippen LogP contribution in [0.25, 0.3) is 0 Å². The molecule has 1 aliphatic rings. The van der Waals surface area contributed by atoms with E-state index in [1.165, 1.54) is 122 Å². The first-order valence-corrected chi connectivity index (χ1v) is 13.4. The van der Waals surface area contributed by atoms with E-state index in [2.05, 4.69) is 49.9 Å². The maximum atomic E-state index is 2.56. The zero-order chi connectivity index (χ0) is 21.2. The molecule has 1 rings (SSSR count). The van der Waals surface area contributed by atoms with Crippen molar-refractivity contribution in [1.82, 2.24) is 9.80 Å². The molecule has 1 unspecified atom stereocenters. The minimum absolute atomic E-state index is 0.610. The minimum Gasteiger partial charge on any atom is -0.356 e. The molecule has 2 nitrogen and oxygen atoms in total. The highest BCUT2D eigenvalue weighted by Crippen LogP contribution is 2.24. The second kappa shape index (κ2) is 18.1. The normalized spacial score (nSPS) is 16.5. The van der Waals surface area contributed by atoms with E-state index in [4.69, 9.17) is 0 Å². The van der Waals surface area contributed by atoms with Gasteiger partial charge in [0.2, 0.25) is 0 Å². The van der Waals surface area contributed by atoms with E-state index in [1.807, 2.05) is 0 Å². The zero-order valence-corrected chi connectivity index (χ0v) is 20.6. The molecule has 0 aromatic carbocycles. The van der Waals surface area contributed by atoms with E-state index in [-0.39, 0.29) is 0 Å². The molecule has 172 valence electrons. The minimum atomic E-state index is 0.610. The Bertz CT molecular complexity index is 377. The smallest absolute Gasteiger partial charge is 0.101 e. The lowest BCUT2D eigenvalue weighted by atomic mass is 10.0. The first kappa shape index (κ1) is 26.4. The molecule has 0 aliphatic carbocycles. The summed E-state index contributed by atoms with van der Waals surface area (Å²) in [6.45, 7) is 10.4. The van der Waals surface area contributed by atoms with Gasteiger partial charge < -0.3 is 9.80 Å². The molecular formula is C27H54N2. The molecule has 2 heteroatoms. The molecule has 1 atom stereocenters. The average Bonchev–Trinajstić information content (AvgIpc) is 3.11. The Morgan fingerprint density at radius 2 is 1.03 bits per heavy atom. The Morgan fingerprint density at radius 1 is 0.586 bits per heavy atom. The van der Waals surface area contributed by atoms with Gasteiger partial charge in [0.25, 0.3) is 0 Å². The fourth-order valence-electron chi connectivity index (χ4n) is 4.72. The highest BCUT2D eigenvalue weighted by molar-refractivity contribution is 4.98. The predicted octanol–water partition coefficient (Wildman–Crippen LogP) is 8.87. The van der Waals surface area contributed by atoms with Crippen LogP contribution in [0.5, 0.6) is 0 Å². The van der Waals surface area contributed by atoms with Crippen LogP contribution in [-0.2, 0) is 0 Å². The Balaban J connectivity index is 1.89. The largest absolute Gasteiger partial charge is 0.356 e. The van der Waals surface area contributed by atoms with Crippen LogP contribution < -0.4 is 0 Å². The molecule has 1 aliphatic heterocycles. The summed E-state index contributed by atoms with van der Waals surface area (Å²) < 4.78 is 0. The van der Waals surface area contributed by atoms with Crippen LogP contribution in [0.4, 0.5) is 0 Å². The Labute approximate surface area is 184 Å². The van der Waals surface area contributed by atoms with Crippen molar-refractivity contribution in [1.29, 1.82) is 0 Å². The van der Waals surface area contributed by atoms with Gasteiger partial charge in [-0.2, -0.15) is 0 Å². The second-order valence-corrected chi connectivity index (χ2v) is 9.65. The summed E-state index contributed by atoms with van der Waals surface area (Å²) in [5.74, 6) is 0. The Kier molecular flexibility index (Phi) is 16.5. The van der Waals surface area contributed by atoms with Gasteiger partial charge in [-0.1, -0.05) is 110 Å². The highest BCUT2D eigenvalue weighted by atomic mass is 15.4. The van der Waals surface area contributed by atoms with Gasteiger partial charge in [-0.15, -0.1) is 0 Å². The van der Waals surface area contributed by atoms with E-state index >= 15 is 0 Å². The molecule has 1 heterocycles. The lowest BCUT2D eigenvalue weighted by Gasteiger charge is -2.35. The third-order valence-electron chi connectivity index (χ3n) is 6.55. The molecule has 0 N–H and O–H groups in total. The lowest BCUT2D eigenvalue weighted by Crippen LogP contribution is -2.42. The maximum Gasteiger partial charge on any atom is 0.101 e. The van der Waals surface area contributed by atoms with E-state index in [0.29, 0.717) is 12.2 Å². The van der Waals surface area contributed by atoms with E-state index < -0.39 is 0 Å². The van der Waals surface area contributed by atoms with Crippen molar-refractivity contribution in [3.8, 4) is 0 Å². The fraction of sp³-hybridized carbons (Fsp3) is 0.926. The molecule has 29 heavy (non-hydrogen) atoms. The van der Waals surface area contributed by atoms with Crippen molar-refractivity contribution in [2.24, 2.45) is 0 Å². The lowest BCUT2D eigenvalue weighted by molar-refractivity contribution is 0.115. The van der Waals surface area contributed by atoms with Gasteiger partial charge in [0, 0.05) is 25.0 Å². The van der Waals surface area contributed by atoms with Gasteiger partial charge in [-0.25, -0.2) is 0 Å². The zero-order valence-electron chi connectivity index (χ0n) is 20.6. The summed E-state index contributed by atoms with van der Waals surface area (Å²) in [7, 11) is 0. The van der Waals surface area contributed by atoms with Crippen LogP contribution >= 0.6 is 0 Å². The van der Waals surface area contributed by atoms with Crippen LogP contribution in [0.1, 0.15) is 143 Å². The van der Waals surface area contributed by atoms with Gasteiger partial charge in [0.1, 0.15) is 6.17 Å². The average molecular weight is 407 g/mol. The SMILES string of the molecule is CCCCCCCCCCCCCCCCCCC1N(CCC)C=CN1C(C)C. The summed E-state index contributed by atoms with van der Waals surface area (Å²) >= 11 is 0. The molecule has 0 saturated heterocycles. The molecule has 0 amide bonds. The standard InChI is InChI=1S/C27H54N2/c1-5-7-8-9-10-11-12-13-14-15-16-17-18-19-20-21-22-27-28(23-6-2)24-25-29(27)26(3)4/h24-27H,5-23H2,1-4H3. The van der Waals surface area contributed by atoms with Crippen LogP contribution in [-0.4, -0.2) is 28.6 Å². The van der Waals surface area contributed by atoms with Crippen molar-refractivity contribution in [2.45, 2.75) is 155 Å². The van der Waals surface area contributed by atoms with Crippen LogP contribution in [0.3, 0.4) is 0 Å². The van der Waals surface area contributed by atoms with E-state index in [0.717, 1.165) is 0 Å². The molecule has 0 fully saturated rings. The predicted molar refractivity (Wildman–Crippen MR) is 131 cm³/mol. The van der Waals surface area contributed by atoms with Gasteiger partial charge in [0.05, 0.1) is 0 Å². The second-order valence-electron chi connectivity index (χ2n) is 9.65. The number of hydrogen-bond donors (Lipinski definition) is 0. The summed E-state index contributed by atoms with van der Waals surface area (Å²) in [4.78, 5) is 5.12. The van der Waals surface area contributed by atoms with E-state index in [9.17, 15) is 0 Å². The Morgan fingerprint density at radius 3 is 1.45 bits per heavy atom. The Hall–Kier alpha value is -0.660. The van der Waals surface area contributed by atoms with E-state index in [1.54, 1.807) is 0 Å². The molecule has 0 bridgehead atoms. The summed E-state index contributed by atoms with van der Waals surface area (Å²) in [5.41, 5.74) is 0. The molecule has 0 radical (unpaired) electrons.